The number of rotatable bonds is 3. The number of nitriles is 1. The summed E-state index contributed by atoms with van der Waals surface area (Å²) >= 11 is 0. The molecule has 1 heterocycles. The molecule has 1 saturated heterocycles. The van der Waals surface area contributed by atoms with Crippen LogP contribution in [0.1, 0.15) is 6.42 Å². The second-order valence-electron chi connectivity index (χ2n) is 3.50. The van der Waals surface area contributed by atoms with Gasteiger partial charge in [-0.2, -0.15) is 5.26 Å². The number of hydrogen-bond donors (Lipinski definition) is 0. The second kappa shape index (κ2) is 5.00. The molecule has 0 aliphatic carbocycles. The molecule has 1 rings (SSSR count). The Morgan fingerprint density at radius 1 is 1.62 bits per heavy atom. The highest BCUT2D eigenvalue weighted by atomic mass is 15.3. The SMILES string of the molecule is C=CCCN1CCN(C)C(C#N)C1. The van der Waals surface area contributed by atoms with Gasteiger partial charge in [0.1, 0.15) is 6.04 Å². The largest absolute Gasteiger partial charge is 0.299 e. The van der Waals surface area contributed by atoms with Crippen molar-refractivity contribution >= 4 is 0 Å². The zero-order valence-corrected chi connectivity index (χ0v) is 8.24. The zero-order valence-electron chi connectivity index (χ0n) is 8.24. The van der Waals surface area contributed by atoms with Crippen LogP contribution in [0, 0.1) is 11.3 Å². The normalized spacial score (nSPS) is 25.4. The van der Waals surface area contributed by atoms with Crippen molar-refractivity contribution in [3.63, 3.8) is 0 Å². The molecule has 1 atom stereocenters. The van der Waals surface area contributed by atoms with Crippen LogP contribution in [0.15, 0.2) is 12.7 Å². The van der Waals surface area contributed by atoms with Gasteiger partial charge in [0.2, 0.25) is 0 Å². The topological polar surface area (TPSA) is 30.3 Å². The quantitative estimate of drug-likeness (QED) is 0.597. The Morgan fingerprint density at radius 3 is 3.00 bits per heavy atom. The van der Waals surface area contributed by atoms with E-state index >= 15 is 0 Å². The van der Waals surface area contributed by atoms with Crippen LogP contribution in [0.5, 0.6) is 0 Å². The summed E-state index contributed by atoms with van der Waals surface area (Å²) < 4.78 is 0. The third kappa shape index (κ3) is 2.83. The van der Waals surface area contributed by atoms with Gasteiger partial charge in [0.05, 0.1) is 6.07 Å². The van der Waals surface area contributed by atoms with Crippen molar-refractivity contribution in [1.82, 2.24) is 9.80 Å². The zero-order chi connectivity index (χ0) is 9.68. The van der Waals surface area contributed by atoms with Crippen molar-refractivity contribution in [2.45, 2.75) is 12.5 Å². The van der Waals surface area contributed by atoms with Crippen LogP contribution in [0.4, 0.5) is 0 Å². The van der Waals surface area contributed by atoms with Crippen LogP contribution in [0.3, 0.4) is 0 Å². The number of hydrogen-bond acceptors (Lipinski definition) is 3. The minimum Gasteiger partial charge on any atom is -0.299 e. The van der Waals surface area contributed by atoms with E-state index in [1.165, 1.54) is 0 Å². The Balaban J connectivity index is 2.36. The van der Waals surface area contributed by atoms with Crippen LogP contribution < -0.4 is 0 Å². The molecule has 0 bridgehead atoms. The summed E-state index contributed by atoms with van der Waals surface area (Å²) in [4.78, 5) is 4.44. The van der Waals surface area contributed by atoms with E-state index in [0.717, 1.165) is 32.6 Å². The molecule has 1 aliphatic rings. The van der Waals surface area contributed by atoms with E-state index in [-0.39, 0.29) is 6.04 Å². The molecule has 0 amide bonds. The molecule has 0 saturated carbocycles. The molecule has 1 aliphatic heterocycles. The first kappa shape index (κ1) is 10.2. The summed E-state index contributed by atoms with van der Waals surface area (Å²) in [5.74, 6) is 0. The van der Waals surface area contributed by atoms with Gasteiger partial charge in [0, 0.05) is 26.2 Å². The van der Waals surface area contributed by atoms with Crippen molar-refractivity contribution in [2.75, 3.05) is 33.2 Å². The molecular weight excluding hydrogens is 162 g/mol. The standard InChI is InChI=1S/C10H17N3/c1-3-4-5-13-7-6-12(2)10(8-11)9-13/h3,10H,1,4-7,9H2,2H3. The average Bonchev–Trinajstić information content (AvgIpc) is 2.16. The molecule has 3 nitrogen and oxygen atoms in total. The lowest BCUT2D eigenvalue weighted by Gasteiger charge is -2.35. The van der Waals surface area contributed by atoms with Gasteiger partial charge in [-0.05, 0) is 13.5 Å². The lowest BCUT2D eigenvalue weighted by atomic mass is 10.2. The van der Waals surface area contributed by atoms with E-state index in [1.54, 1.807) is 0 Å². The predicted octanol–water partition coefficient (Wildman–Crippen LogP) is 0.702. The molecular formula is C10H17N3. The average molecular weight is 179 g/mol. The highest BCUT2D eigenvalue weighted by Gasteiger charge is 2.22. The number of piperazine rings is 1. The summed E-state index contributed by atoms with van der Waals surface area (Å²) in [7, 11) is 2.01. The van der Waals surface area contributed by atoms with Gasteiger partial charge >= 0.3 is 0 Å². The molecule has 0 spiro atoms. The van der Waals surface area contributed by atoms with Crippen molar-refractivity contribution in [3.05, 3.63) is 12.7 Å². The molecule has 13 heavy (non-hydrogen) atoms. The Hall–Kier alpha value is -0.850. The first-order valence-corrected chi connectivity index (χ1v) is 4.71. The molecule has 1 unspecified atom stereocenters. The van der Waals surface area contributed by atoms with Crippen molar-refractivity contribution < 1.29 is 0 Å². The monoisotopic (exact) mass is 179 g/mol. The van der Waals surface area contributed by atoms with Gasteiger partial charge in [-0.1, -0.05) is 6.08 Å². The fourth-order valence-corrected chi connectivity index (χ4v) is 1.55. The molecule has 3 heteroatoms. The van der Waals surface area contributed by atoms with Gasteiger partial charge < -0.3 is 0 Å². The minimum atomic E-state index is 0.0681. The van der Waals surface area contributed by atoms with E-state index in [1.807, 2.05) is 13.1 Å². The molecule has 0 aromatic heterocycles. The van der Waals surface area contributed by atoms with Gasteiger partial charge in [-0.3, -0.25) is 9.80 Å². The first-order valence-electron chi connectivity index (χ1n) is 4.71. The first-order chi connectivity index (χ1) is 6.27. The lowest BCUT2D eigenvalue weighted by Crippen LogP contribution is -2.50. The molecule has 0 radical (unpaired) electrons. The van der Waals surface area contributed by atoms with Gasteiger partial charge in [-0.25, -0.2) is 0 Å². The van der Waals surface area contributed by atoms with Crippen molar-refractivity contribution in [2.24, 2.45) is 0 Å². The third-order valence-corrected chi connectivity index (χ3v) is 2.53. The fraction of sp³-hybridized carbons (Fsp3) is 0.700. The third-order valence-electron chi connectivity index (χ3n) is 2.53. The summed E-state index contributed by atoms with van der Waals surface area (Å²) in [6.07, 6.45) is 2.95. The summed E-state index contributed by atoms with van der Waals surface area (Å²) in [5.41, 5.74) is 0. The number of likely N-dealkylation sites (N-methyl/N-ethyl adjacent to an activating group) is 1. The molecule has 1 fully saturated rings. The van der Waals surface area contributed by atoms with Crippen LogP contribution in [-0.2, 0) is 0 Å². The molecule has 0 aromatic rings. The van der Waals surface area contributed by atoms with E-state index in [0.29, 0.717) is 0 Å². The maximum Gasteiger partial charge on any atom is 0.110 e. The molecule has 72 valence electrons. The van der Waals surface area contributed by atoms with Crippen LogP contribution in [0.2, 0.25) is 0 Å². The minimum absolute atomic E-state index is 0.0681. The van der Waals surface area contributed by atoms with Crippen molar-refractivity contribution in [1.29, 1.82) is 5.26 Å². The lowest BCUT2D eigenvalue weighted by molar-refractivity contribution is 0.124. The second-order valence-corrected chi connectivity index (χ2v) is 3.50. The smallest absolute Gasteiger partial charge is 0.110 e. The van der Waals surface area contributed by atoms with Crippen LogP contribution in [0.25, 0.3) is 0 Å². The Bertz CT molecular complexity index is 207. The summed E-state index contributed by atoms with van der Waals surface area (Å²) in [6.45, 7) is 7.68. The van der Waals surface area contributed by atoms with Crippen LogP contribution >= 0.6 is 0 Å². The predicted molar refractivity (Wildman–Crippen MR) is 53.3 cm³/mol. The highest BCUT2D eigenvalue weighted by Crippen LogP contribution is 2.06. The van der Waals surface area contributed by atoms with Gasteiger partial charge in [0.25, 0.3) is 0 Å². The molecule has 0 aromatic carbocycles. The maximum atomic E-state index is 8.87. The van der Waals surface area contributed by atoms with E-state index in [4.69, 9.17) is 5.26 Å². The maximum absolute atomic E-state index is 8.87. The van der Waals surface area contributed by atoms with Gasteiger partial charge in [0.15, 0.2) is 0 Å². The fourth-order valence-electron chi connectivity index (χ4n) is 1.55. The number of nitrogens with zero attached hydrogens (tertiary/aromatic N) is 3. The highest BCUT2D eigenvalue weighted by molar-refractivity contribution is 4.96. The van der Waals surface area contributed by atoms with E-state index < -0.39 is 0 Å². The van der Waals surface area contributed by atoms with E-state index in [2.05, 4.69) is 22.4 Å². The van der Waals surface area contributed by atoms with Crippen LogP contribution in [-0.4, -0.2) is 49.1 Å². The Morgan fingerprint density at radius 2 is 2.38 bits per heavy atom. The van der Waals surface area contributed by atoms with E-state index in [9.17, 15) is 0 Å². The van der Waals surface area contributed by atoms with Gasteiger partial charge in [-0.15, -0.1) is 6.58 Å². The summed E-state index contributed by atoms with van der Waals surface area (Å²) in [6, 6.07) is 2.39. The van der Waals surface area contributed by atoms with Crippen molar-refractivity contribution in [3.8, 4) is 6.07 Å². The Kier molecular flexibility index (Phi) is 3.94. The molecule has 0 N–H and O–H groups in total. The summed E-state index contributed by atoms with van der Waals surface area (Å²) in [5, 5.41) is 8.87. The Labute approximate surface area is 80.2 Å².